The van der Waals surface area contributed by atoms with Gasteiger partial charge in [0.2, 0.25) is 0 Å². The SMILES string of the molecule is C=C(C)[C@@H]1CC[C@]2(NCCN3CCS(=O)(=O)CC3)CC[C@]3(C)[C@H](CC[C@@H]4[C@@]5(C)CC=C(C6=CC[C@](CC)(CO)CC6)C(C)(C)[C@@H]5CC[C@]43C)[C@@H]12. The van der Waals surface area contributed by atoms with Crippen molar-refractivity contribution in [2.75, 3.05) is 44.3 Å². The van der Waals surface area contributed by atoms with Crippen molar-refractivity contribution in [3.8, 4) is 0 Å². The van der Waals surface area contributed by atoms with Crippen LogP contribution in [-0.4, -0.2) is 68.3 Å². The lowest BCUT2D eigenvalue weighted by molar-refractivity contribution is -0.221. The molecule has 1 aliphatic heterocycles. The Morgan fingerprint density at radius 1 is 0.920 bits per heavy atom. The molecule has 0 aromatic rings. The summed E-state index contributed by atoms with van der Waals surface area (Å²) in [4.78, 5) is 2.37. The fourth-order valence-corrected chi connectivity index (χ4v) is 16.1. The van der Waals surface area contributed by atoms with E-state index in [0.29, 0.717) is 65.2 Å². The number of rotatable bonds is 8. The number of fused-ring (bicyclic) bond motifs is 7. The van der Waals surface area contributed by atoms with Crippen LogP contribution in [0.15, 0.2) is 35.5 Å². The molecule has 2 N–H and O–H groups in total. The minimum Gasteiger partial charge on any atom is -0.396 e. The van der Waals surface area contributed by atoms with Crippen molar-refractivity contribution in [1.82, 2.24) is 10.2 Å². The summed E-state index contributed by atoms with van der Waals surface area (Å²) >= 11 is 0. The van der Waals surface area contributed by atoms with Crippen LogP contribution in [0.4, 0.5) is 0 Å². The minimum atomic E-state index is -2.85. The van der Waals surface area contributed by atoms with Crippen LogP contribution in [0.2, 0.25) is 0 Å². The normalized spacial score (nSPS) is 46.8. The third-order valence-electron chi connectivity index (χ3n) is 18.1. The number of hydrogen-bond donors (Lipinski definition) is 2. The average molecular weight is 709 g/mol. The maximum atomic E-state index is 12.0. The molecule has 0 aromatic heterocycles. The average Bonchev–Trinajstić information content (AvgIpc) is 3.46. The van der Waals surface area contributed by atoms with Crippen molar-refractivity contribution in [2.45, 2.75) is 137 Å². The zero-order valence-corrected chi connectivity index (χ0v) is 33.8. The van der Waals surface area contributed by atoms with Crippen LogP contribution in [0.5, 0.6) is 0 Å². The van der Waals surface area contributed by atoms with Gasteiger partial charge in [-0.25, -0.2) is 8.42 Å². The van der Waals surface area contributed by atoms with Crippen LogP contribution < -0.4 is 5.32 Å². The van der Waals surface area contributed by atoms with E-state index in [4.69, 9.17) is 0 Å². The van der Waals surface area contributed by atoms with Gasteiger partial charge in [-0.2, -0.15) is 0 Å². The van der Waals surface area contributed by atoms with Crippen molar-refractivity contribution >= 4 is 9.84 Å². The number of aliphatic hydroxyl groups is 1. The van der Waals surface area contributed by atoms with Crippen molar-refractivity contribution in [3.05, 3.63) is 35.5 Å². The molecule has 6 aliphatic carbocycles. The standard InChI is InChI=1S/C44H72N2O3S/c1-9-43(30-47)19-12-32(13-20-43)34-15-17-40(6)36(39(34,4)5)16-18-42(8)37(40)11-10-35-38-33(31(2)3)14-21-44(38,23-22-41(35,42)7)45-24-25-46-26-28-50(48,49)29-27-46/h12,15,33,35-38,45,47H,2,9-11,13-14,16-30H2,1,3-8H3/t33-,35+,36-,37+,38+,40-,41+,42+,43-,44-/m0/s1. The summed E-state index contributed by atoms with van der Waals surface area (Å²) in [7, 11) is -2.85. The quantitative estimate of drug-likeness (QED) is 0.247. The largest absolute Gasteiger partial charge is 0.396 e. The Balaban J connectivity index is 1.13. The van der Waals surface area contributed by atoms with Gasteiger partial charge in [-0.05, 0) is 158 Å². The molecule has 7 rings (SSSR count). The van der Waals surface area contributed by atoms with Gasteiger partial charge < -0.3 is 15.3 Å². The summed E-state index contributed by atoms with van der Waals surface area (Å²) in [6.45, 7) is 26.2. The maximum Gasteiger partial charge on any atom is 0.152 e. The molecule has 5 fully saturated rings. The van der Waals surface area contributed by atoms with Gasteiger partial charge in [0.05, 0.1) is 11.5 Å². The molecule has 7 aliphatic rings. The molecule has 6 heteroatoms. The molecule has 1 saturated heterocycles. The van der Waals surface area contributed by atoms with Crippen LogP contribution >= 0.6 is 0 Å². The molecule has 1 heterocycles. The Bertz CT molecular complexity index is 1490. The smallest absolute Gasteiger partial charge is 0.152 e. The summed E-state index contributed by atoms with van der Waals surface area (Å²) in [5.74, 6) is 4.03. The molecule has 5 nitrogen and oxygen atoms in total. The molecule has 0 bridgehead atoms. The van der Waals surface area contributed by atoms with Gasteiger partial charge in [-0.15, -0.1) is 0 Å². The first-order valence-electron chi connectivity index (χ1n) is 20.8. The first kappa shape index (κ1) is 37.4. The molecule has 10 atom stereocenters. The molecule has 0 aromatic carbocycles. The van der Waals surface area contributed by atoms with Gasteiger partial charge in [0, 0.05) is 38.3 Å². The molecule has 0 unspecified atom stereocenters. The zero-order valence-electron chi connectivity index (χ0n) is 33.0. The minimum absolute atomic E-state index is 0.0897. The monoisotopic (exact) mass is 709 g/mol. The molecule has 0 radical (unpaired) electrons. The second-order valence-corrected chi connectivity index (χ2v) is 22.6. The van der Waals surface area contributed by atoms with Crippen LogP contribution in [0.3, 0.4) is 0 Å². The van der Waals surface area contributed by atoms with Gasteiger partial charge >= 0.3 is 0 Å². The Labute approximate surface area is 306 Å². The van der Waals surface area contributed by atoms with Crippen LogP contribution in [0.25, 0.3) is 0 Å². The molecule has 0 spiro atoms. The highest BCUT2D eigenvalue weighted by molar-refractivity contribution is 7.91. The molecule has 282 valence electrons. The number of nitrogens with one attached hydrogen (secondary N) is 1. The summed E-state index contributed by atoms with van der Waals surface area (Å²) in [6, 6.07) is 0. The van der Waals surface area contributed by atoms with E-state index in [0.717, 1.165) is 50.6 Å². The third kappa shape index (κ3) is 5.64. The molecular formula is C44H72N2O3S. The van der Waals surface area contributed by atoms with E-state index >= 15 is 0 Å². The maximum absolute atomic E-state index is 12.0. The Morgan fingerprint density at radius 3 is 2.30 bits per heavy atom. The molecule has 0 amide bonds. The lowest BCUT2D eigenvalue weighted by Crippen LogP contribution is -2.68. The summed E-state index contributed by atoms with van der Waals surface area (Å²) in [5, 5.41) is 14.4. The number of allylic oxidation sites excluding steroid dienone is 5. The Hall–Kier alpha value is -0.950. The zero-order chi connectivity index (χ0) is 36.0. The molecule has 50 heavy (non-hydrogen) atoms. The van der Waals surface area contributed by atoms with Crippen molar-refractivity contribution < 1.29 is 13.5 Å². The van der Waals surface area contributed by atoms with E-state index in [9.17, 15) is 13.5 Å². The second-order valence-electron chi connectivity index (χ2n) is 20.3. The molecular weight excluding hydrogens is 637 g/mol. The highest BCUT2D eigenvalue weighted by Gasteiger charge is 2.70. The number of aliphatic hydroxyl groups excluding tert-OH is 1. The lowest BCUT2D eigenvalue weighted by atomic mass is 9.33. The van der Waals surface area contributed by atoms with E-state index in [1.807, 2.05) is 0 Å². The van der Waals surface area contributed by atoms with Gasteiger partial charge in [-0.1, -0.05) is 65.8 Å². The van der Waals surface area contributed by atoms with E-state index in [2.05, 4.69) is 77.4 Å². The highest BCUT2D eigenvalue weighted by Crippen LogP contribution is 2.76. The predicted molar refractivity (Wildman–Crippen MR) is 208 cm³/mol. The predicted octanol–water partition coefficient (Wildman–Crippen LogP) is 8.75. The summed E-state index contributed by atoms with van der Waals surface area (Å²) in [5.41, 5.74) is 6.05. The van der Waals surface area contributed by atoms with Gasteiger partial charge in [0.15, 0.2) is 9.84 Å². The van der Waals surface area contributed by atoms with Crippen LogP contribution in [0, 0.1) is 56.7 Å². The van der Waals surface area contributed by atoms with Crippen LogP contribution in [-0.2, 0) is 9.84 Å². The van der Waals surface area contributed by atoms with E-state index < -0.39 is 9.84 Å². The fourth-order valence-electron chi connectivity index (χ4n) is 14.8. The van der Waals surface area contributed by atoms with E-state index in [1.54, 1.807) is 11.1 Å². The lowest BCUT2D eigenvalue weighted by Gasteiger charge is -2.72. The summed E-state index contributed by atoms with van der Waals surface area (Å²) < 4.78 is 24.1. The van der Waals surface area contributed by atoms with Crippen LogP contribution in [0.1, 0.15) is 132 Å². The number of sulfone groups is 1. The summed E-state index contributed by atoms with van der Waals surface area (Å²) in [6.07, 6.45) is 21.3. The van der Waals surface area contributed by atoms with Crippen molar-refractivity contribution in [3.63, 3.8) is 0 Å². The van der Waals surface area contributed by atoms with Gasteiger partial charge in [-0.3, -0.25) is 0 Å². The van der Waals surface area contributed by atoms with E-state index in [-0.39, 0.29) is 16.4 Å². The van der Waals surface area contributed by atoms with Gasteiger partial charge in [0.1, 0.15) is 0 Å². The second kappa shape index (κ2) is 12.8. The fraction of sp³-hybridized carbons (Fsp3) is 0.864. The van der Waals surface area contributed by atoms with E-state index in [1.165, 1.54) is 63.4 Å². The first-order valence-corrected chi connectivity index (χ1v) is 22.7. The number of nitrogens with zero attached hydrogens (tertiary/aromatic N) is 1. The van der Waals surface area contributed by atoms with Gasteiger partial charge in [0.25, 0.3) is 0 Å². The van der Waals surface area contributed by atoms with Crippen molar-refractivity contribution in [2.24, 2.45) is 56.7 Å². The molecule has 4 saturated carbocycles. The Kier molecular flexibility index (Phi) is 9.59. The first-order chi connectivity index (χ1) is 23.5. The third-order valence-corrected chi connectivity index (χ3v) is 19.7. The number of hydrogen-bond acceptors (Lipinski definition) is 5. The van der Waals surface area contributed by atoms with Crippen molar-refractivity contribution in [1.29, 1.82) is 0 Å². The highest BCUT2D eigenvalue weighted by atomic mass is 32.2. The Morgan fingerprint density at radius 2 is 1.66 bits per heavy atom. The topological polar surface area (TPSA) is 69.6 Å².